The maximum absolute atomic E-state index is 6.15. The summed E-state index contributed by atoms with van der Waals surface area (Å²) in [4.78, 5) is 0. The Bertz CT molecular complexity index is 553. The minimum atomic E-state index is 0.162. The molecule has 0 aliphatic carbocycles. The lowest BCUT2D eigenvalue weighted by atomic mass is 10.2. The third-order valence-corrected chi connectivity index (χ3v) is 3.79. The van der Waals surface area contributed by atoms with Gasteiger partial charge in [0.1, 0.15) is 11.9 Å². The Morgan fingerprint density at radius 1 is 1.10 bits per heavy atom. The highest BCUT2D eigenvalue weighted by atomic mass is 35.5. The Balaban J connectivity index is 1.82. The van der Waals surface area contributed by atoms with E-state index < -0.39 is 0 Å². The quantitative estimate of drug-likeness (QED) is 0.807. The number of hydrogen-bond acceptors (Lipinski definition) is 2. The third-order valence-electron chi connectivity index (χ3n) is 3.42. The van der Waals surface area contributed by atoms with Crippen molar-refractivity contribution in [3.05, 3.63) is 64.7 Å². The highest BCUT2D eigenvalue weighted by molar-refractivity contribution is 6.31. The lowest BCUT2D eigenvalue weighted by Crippen LogP contribution is -2.30. The molecular weight excluding hydrogens is 282 g/mol. The van der Waals surface area contributed by atoms with Crippen LogP contribution < -0.4 is 10.1 Å². The number of benzene rings is 2. The molecule has 1 N–H and O–H groups in total. The molecule has 21 heavy (non-hydrogen) atoms. The van der Waals surface area contributed by atoms with Crippen LogP contribution in [0.5, 0.6) is 5.75 Å². The second-order valence-corrected chi connectivity index (χ2v) is 5.59. The summed E-state index contributed by atoms with van der Waals surface area (Å²) in [6.07, 6.45) is 1.12. The van der Waals surface area contributed by atoms with Crippen molar-refractivity contribution in [3.8, 4) is 5.75 Å². The Labute approximate surface area is 132 Å². The van der Waals surface area contributed by atoms with E-state index in [1.807, 2.05) is 36.4 Å². The van der Waals surface area contributed by atoms with Crippen LogP contribution in [0.2, 0.25) is 5.02 Å². The van der Waals surface area contributed by atoms with E-state index in [2.05, 4.69) is 31.3 Å². The fourth-order valence-electron chi connectivity index (χ4n) is 2.09. The van der Waals surface area contributed by atoms with Crippen LogP contribution in [0.4, 0.5) is 0 Å². The van der Waals surface area contributed by atoms with E-state index in [4.69, 9.17) is 16.3 Å². The molecule has 0 saturated carbocycles. The number of nitrogens with one attached hydrogen (secondary N) is 1. The summed E-state index contributed by atoms with van der Waals surface area (Å²) in [6.45, 7) is 5.77. The van der Waals surface area contributed by atoms with Crippen molar-refractivity contribution in [2.45, 2.75) is 32.9 Å². The molecular formula is C18H22ClNO. The van der Waals surface area contributed by atoms with Gasteiger partial charge in [-0.15, -0.1) is 0 Å². The topological polar surface area (TPSA) is 21.3 Å². The molecule has 0 spiro atoms. The van der Waals surface area contributed by atoms with Crippen molar-refractivity contribution in [2.75, 3.05) is 6.54 Å². The molecule has 3 heteroatoms. The molecule has 1 unspecified atom stereocenters. The van der Waals surface area contributed by atoms with Crippen molar-refractivity contribution < 1.29 is 4.74 Å². The normalized spacial score (nSPS) is 12.1. The predicted molar refractivity (Wildman–Crippen MR) is 89.0 cm³/mol. The second-order valence-electron chi connectivity index (χ2n) is 5.18. The summed E-state index contributed by atoms with van der Waals surface area (Å²) < 4.78 is 5.99. The predicted octanol–water partition coefficient (Wildman–Crippen LogP) is 4.60. The van der Waals surface area contributed by atoms with Crippen molar-refractivity contribution in [1.29, 1.82) is 0 Å². The minimum absolute atomic E-state index is 0.162. The van der Waals surface area contributed by atoms with Gasteiger partial charge in [0.15, 0.2) is 0 Å². The van der Waals surface area contributed by atoms with Crippen LogP contribution in [0, 0.1) is 6.92 Å². The summed E-state index contributed by atoms with van der Waals surface area (Å²) in [7, 11) is 0. The van der Waals surface area contributed by atoms with E-state index in [1.54, 1.807) is 0 Å². The fourth-order valence-corrected chi connectivity index (χ4v) is 2.29. The Hall–Kier alpha value is -1.51. The average molecular weight is 304 g/mol. The first-order valence-corrected chi connectivity index (χ1v) is 7.74. The van der Waals surface area contributed by atoms with Gasteiger partial charge in [0.05, 0.1) is 0 Å². The van der Waals surface area contributed by atoms with Gasteiger partial charge in [0.25, 0.3) is 0 Å². The second kappa shape index (κ2) is 8.06. The van der Waals surface area contributed by atoms with Gasteiger partial charge in [-0.2, -0.15) is 0 Å². The SMILES string of the molecule is CCC(CNCc1ccccc1Cl)Oc1ccc(C)cc1. The molecule has 0 bridgehead atoms. The molecule has 0 aromatic heterocycles. The highest BCUT2D eigenvalue weighted by Crippen LogP contribution is 2.16. The van der Waals surface area contributed by atoms with Crippen molar-refractivity contribution in [2.24, 2.45) is 0 Å². The Morgan fingerprint density at radius 2 is 1.81 bits per heavy atom. The molecule has 0 amide bonds. The summed E-state index contributed by atoms with van der Waals surface area (Å²) in [5.41, 5.74) is 2.36. The number of ether oxygens (including phenoxy) is 1. The average Bonchev–Trinajstić information content (AvgIpc) is 2.50. The molecule has 0 radical (unpaired) electrons. The van der Waals surface area contributed by atoms with Crippen LogP contribution in [0.25, 0.3) is 0 Å². The molecule has 2 aromatic rings. The van der Waals surface area contributed by atoms with Crippen LogP contribution in [0.1, 0.15) is 24.5 Å². The van der Waals surface area contributed by atoms with Gasteiger partial charge >= 0.3 is 0 Å². The van der Waals surface area contributed by atoms with Crippen LogP contribution in [-0.2, 0) is 6.54 Å². The van der Waals surface area contributed by atoms with E-state index in [9.17, 15) is 0 Å². The van der Waals surface area contributed by atoms with Gasteiger partial charge in [0, 0.05) is 18.1 Å². The lowest BCUT2D eigenvalue weighted by molar-refractivity contribution is 0.193. The Kier molecular flexibility index (Phi) is 6.09. The molecule has 0 heterocycles. The van der Waals surface area contributed by atoms with Gasteiger partial charge in [0.2, 0.25) is 0 Å². The number of aryl methyl sites for hydroxylation is 1. The largest absolute Gasteiger partial charge is 0.489 e. The number of hydrogen-bond donors (Lipinski definition) is 1. The third kappa shape index (κ3) is 5.07. The molecule has 0 aliphatic rings. The zero-order valence-corrected chi connectivity index (χ0v) is 13.4. The monoisotopic (exact) mass is 303 g/mol. The number of halogens is 1. The van der Waals surface area contributed by atoms with Gasteiger partial charge in [-0.05, 0) is 37.1 Å². The first kappa shape index (κ1) is 15.9. The van der Waals surface area contributed by atoms with Gasteiger partial charge in [-0.3, -0.25) is 0 Å². The smallest absolute Gasteiger partial charge is 0.119 e. The van der Waals surface area contributed by atoms with E-state index in [1.165, 1.54) is 5.56 Å². The molecule has 2 aromatic carbocycles. The Morgan fingerprint density at radius 3 is 2.48 bits per heavy atom. The first-order chi connectivity index (χ1) is 10.2. The summed E-state index contributed by atoms with van der Waals surface area (Å²) in [5, 5.41) is 4.22. The summed E-state index contributed by atoms with van der Waals surface area (Å²) in [6, 6.07) is 16.1. The maximum atomic E-state index is 6.15. The molecule has 1 atom stereocenters. The first-order valence-electron chi connectivity index (χ1n) is 7.36. The zero-order valence-electron chi connectivity index (χ0n) is 12.6. The van der Waals surface area contributed by atoms with Crippen LogP contribution in [0.15, 0.2) is 48.5 Å². The van der Waals surface area contributed by atoms with Gasteiger partial charge < -0.3 is 10.1 Å². The van der Waals surface area contributed by atoms with E-state index in [-0.39, 0.29) is 6.10 Å². The van der Waals surface area contributed by atoms with Crippen LogP contribution >= 0.6 is 11.6 Å². The van der Waals surface area contributed by atoms with E-state index in [0.29, 0.717) is 0 Å². The fraction of sp³-hybridized carbons (Fsp3) is 0.333. The number of rotatable bonds is 7. The molecule has 0 fully saturated rings. The van der Waals surface area contributed by atoms with E-state index in [0.717, 1.165) is 35.8 Å². The maximum Gasteiger partial charge on any atom is 0.119 e. The highest BCUT2D eigenvalue weighted by Gasteiger charge is 2.08. The molecule has 0 saturated heterocycles. The molecule has 2 rings (SSSR count). The molecule has 2 nitrogen and oxygen atoms in total. The van der Waals surface area contributed by atoms with Gasteiger partial charge in [-0.1, -0.05) is 54.4 Å². The van der Waals surface area contributed by atoms with Crippen molar-refractivity contribution >= 4 is 11.6 Å². The lowest BCUT2D eigenvalue weighted by Gasteiger charge is -2.18. The van der Waals surface area contributed by atoms with Gasteiger partial charge in [-0.25, -0.2) is 0 Å². The standard InChI is InChI=1S/C18H22ClNO/c1-3-16(21-17-10-8-14(2)9-11-17)13-20-12-15-6-4-5-7-18(15)19/h4-11,16,20H,3,12-13H2,1-2H3. The van der Waals surface area contributed by atoms with Crippen molar-refractivity contribution in [1.82, 2.24) is 5.32 Å². The van der Waals surface area contributed by atoms with Crippen LogP contribution in [-0.4, -0.2) is 12.6 Å². The minimum Gasteiger partial charge on any atom is -0.489 e. The molecule has 0 aliphatic heterocycles. The van der Waals surface area contributed by atoms with Crippen LogP contribution in [0.3, 0.4) is 0 Å². The summed E-state index contributed by atoms with van der Waals surface area (Å²) >= 11 is 6.15. The van der Waals surface area contributed by atoms with Crippen molar-refractivity contribution in [3.63, 3.8) is 0 Å². The summed E-state index contributed by atoms with van der Waals surface area (Å²) in [5.74, 6) is 0.923. The molecule has 112 valence electrons. The van der Waals surface area contributed by atoms with E-state index >= 15 is 0 Å². The zero-order chi connectivity index (χ0) is 15.1.